The summed E-state index contributed by atoms with van der Waals surface area (Å²) in [4.78, 5) is 0. The van der Waals surface area contributed by atoms with Gasteiger partial charge in [-0.2, -0.15) is 39.5 Å². The van der Waals surface area contributed by atoms with Gasteiger partial charge in [0.05, 0.1) is 14.4 Å². The lowest BCUT2D eigenvalue weighted by Crippen LogP contribution is -2.27. The quantitative estimate of drug-likeness (QED) is 0.388. The molecule has 0 aromatic rings. The molecule has 25 heavy (non-hydrogen) atoms. The van der Waals surface area contributed by atoms with E-state index in [9.17, 15) is 52.7 Å². The molecule has 0 heterocycles. The van der Waals surface area contributed by atoms with Crippen LogP contribution in [0.2, 0.25) is 0 Å². The van der Waals surface area contributed by atoms with Crippen LogP contribution in [0.15, 0.2) is 25.2 Å². The van der Waals surface area contributed by atoms with Crippen LogP contribution in [0.3, 0.4) is 0 Å². The molecule has 0 aliphatic heterocycles. The number of hydrogen-bond donors (Lipinski definition) is 0. The Hall–Kier alpha value is -1.76. The van der Waals surface area contributed by atoms with E-state index in [2.05, 4.69) is 22.6 Å². The first kappa shape index (κ1) is 31.1. The maximum atomic E-state index is 11.9. The second-order valence-electron chi connectivity index (χ2n) is 3.11. The molecule has 0 aliphatic carbocycles. The normalized spacial score (nSPS) is 10.6. The van der Waals surface area contributed by atoms with E-state index in [0.29, 0.717) is 14.4 Å². The molecule has 0 saturated heterocycles. The minimum absolute atomic E-state index is 0.500. The molecule has 0 amide bonds. The molecule has 0 fully saturated rings. The van der Waals surface area contributed by atoms with Crippen LogP contribution >= 0.6 is 0 Å². The third-order valence-corrected chi connectivity index (χ3v) is 1.08. The summed E-state index contributed by atoms with van der Waals surface area (Å²) in [6.07, 6.45) is -16.3. The Morgan fingerprint density at radius 1 is 0.720 bits per heavy atom. The van der Waals surface area contributed by atoms with Crippen LogP contribution in [0, 0.1) is 0 Å². The number of halogens is 12. The van der Waals surface area contributed by atoms with E-state index >= 15 is 0 Å². The van der Waals surface area contributed by atoms with Gasteiger partial charge in [-0.15, -0.1) is 0 Å². The summed E-state index contributed by atoms with van der Waals surface area (Å²) in [5.41, 5.74) is 0. The Morgan fingerprint density at radius 2 is 1.00 bits per heavy atom. The van der Waals surface area contributed by atoms with Gasteiger partial charge in [0.25, 0.3) is 12.0 Å². The summed E-state index contributed by atoms with van der Waals surface area (Å²) < 4.78 is 140. The summed E-state index contributed by atoms with van der Waals surface area (Å²) in [7, 11) is 1.00. The lowest BCUT2D eigenvalue weighted by molar-refractivity contribution is -0.283. The number of ether oxygens (including phenoxy) is 2. The Balaban J connectivity index is -0.000000150. The molecule has 0 unspecified atom stereocenters. The summed E-state index contributed by atoms with van der Waals surface area (Å²) in [5, 5.41) is 0. The summed E-state index contributed by atoms with van der Waals surface area (Å²) >= 11 is 0. The van der Waals surface area contributed by atoms with Gasteiger partial charge in [-0.1, -0.05) is 0 Å². The number of alkyl halides is 10. The molecule has 0 aromatic carbocycles. The van der Waals surface area contributed by atoms with E-state index in [1.165, 1.54) is 0 Å². The van der Waals surface area contributed by atoms with Gasteiger partial charge in [0.2, 0.25) is 0 Å². The van der Waals surface area contributed by atoms with Crippen LogP contribution in [-0.4, -0.2) is 39.4 Å². The molecule has 0 saturated carbocycles. The average Bonchev–Trinajstić information content (AvgIpc) is 2.38. The lowest BCUT2D eigenvalue weighted by atomic mass is 10.4. The summed E-state index contributed by atoms with van der Waals surface area (Å²) in [6, 6.07) is -3.65. The van der Waals surface area contributed by atoms with E-state index in [1.54, 1.807) is 0 Å². The van der Waals surface area contributed by atoms with Crippen molar-refractivity contribution in [3.8, 4) is 0 Å². The van der Waals surface area contributed by atoms with Crippen molar-refractivity contribution in [1.29, 1.82) is 0 Å². The molecular weight excluding hydrogens is 392 g/mol. The van der Waals surface area contributed by atoms with Crippen molar-refractivity contribution in [3.63, 3.8) is 0 Å². The number of hydrogen-bond acceptors (Lipinski definition) is 2. The predicted octanol–water partition coefficient (Wildman–Crippen LogP) is 6.17. The van der Waals surface area contributed by atoms with Gasteiger partial charge >= 0.3 is 18.4 Å². The Morgan fingerprint density at radius 3 is 1.16 bits per heavy atom. The van der Waals surface area contributed by atoms with Gasteiger partial charge in [0, 0.05) is 0 Å². The summed E-state index contributed by atoms with van der Waals surface area (Å²) in [6.45, 7) is 2.53. The first-order valence-corrected chi connectivity index (χ1v) is 5.31. The molecular formula is C11H14F12O2. The van der Waals surface area contributed by atoms with Crippen LogP contribution in [0.25, 0.3) is 0 Å². The predicted molar refractivity (Wildman–Crippen MR) is 63.3 cm³/mol. The second kappa shape index (κ2) is 14.6. The minimum atomic E-state index is -5.11. The third kappa shape index (κ3) is 30.7. The highest BCUT2D eigenvalue weighted by Gasteiger charge is 2.46. The van der Waals surface area contributed by atoms with Gasteiger partial charge < -0.3 is 9.47 Å². The fraction of sp³-hybridized carbons (Fsp3) is 0.636. The van der Waals surface area contributed by atoms with E-state index in [4.69, 9.17) is 0 Å². The Labute approximate surface area is 134 Å². The SMILES string of the molecule is C=C(F)OC(F)(F)CC(F)(F)F.C=C(F)OC(F)(F)CF.CF.CF. The van der Waals surface area contributed by atoms with E-state index in [0.717, 1.165) is 0 Å². The zero-order valence-corrected chi connectivity index (χ0v) is 12.7. The molecule has 0 bridgehead atoms. The van der Waals surface area contributed by atoms with Crippen molar-refractivity contribution in [3.05, 3.63) is 25.2 Å². The fourth-order valence-corrected chi connectivity index (χ4v) is 0.621. The third-order valence-electron chi connectivity index (χ3n) is 1.08. The van der Waals surface area contributed by atoms with Crippen molar-refractivity contribution in [2.45, 2.75) is 24.8 Å². The molecule has 14 heteroatoms. The highest BCUT2D eigenvalue weighted by atomic mass is 19.4. The van der Waals surface area contributed by atoms with E-state index in [-0.39, 0.29) is 0 Å². The van der Waals surface area contributed by atoms with Gasteiger partial charge in [-0.3, -0.25) is 8.78 Å². The van der Waals surface area contributed by atoms with Crippen LogP contribution in [-0.2, 0) is 9.47 Å². The highest BCUT2D eigenvalue weighted by molar-refractivity contribution is 4.70. The maximum absolute atomic E-state index is 11.9. The van der Waals surface area contributed by atoms with Crippen LogP contribution in [0.4, 0.5) is 52.7 Å². The van der Waals surface area contributed by atoms with Crippen LogP contribution in [0.1, 0.15) is 6.42 Å². The molecule has 0 spiro atoms. The summed E-state index contributed by atoms with van der Waals surface area (Å²) in [5.74, 6) is 0. The first-order valence-electron chi connectivity index (χ1n) is 5.31. The van der Waals surface area contributed by atoms with Crippen LogP contribution in [0.5, 0.6) is 0 Å². The van der Waals surface area contributed by atoms with Crippen molar-refractivity contribution in [2.24, 2.45) is 0 Å². The zero-order valence-electron chi connectivity index (χ0n) is 12.7. The second-order valence-corrected chi connectivity index (χ2v) is 3.11. The molecule has 0 atom stereocenters. The minimum Gasteiger partial charge on any atom is -0.406 e. The lowest BCUT2D eigenvalue weighted by Gasteiger charge is -2.17. The molecule has 0 rings (SSSR count). The van der Waals surface area contributed by atoms with Gasteiger partial charge in [0.1, 0.15) is 6.42 Å². The zero-order chi connectivity index (χ0) is 21.5. The maximum Gasteiger partial charge on any atom is 0.428 e. The van der Waals surface area contributed by atoms with Gasteiger partial charge in [-0.25, -0.2) is 4.39 Å². The van der Waals surface area contributed by atoms with Gasteiger partial charge in [0.15, 0.2) is 6.67 Å². The molecule has 0 aliphatic rings. The molecule has 0 radical (unpaired) electrons. The van der Waals surface area contributed by atoms with Crippen LogP contribution < -0.4 is 0 Å². The van der Waals surface area contributed by atoms with Crippen molar-refractivity contribution in [2.75, 3.05) is 21.0 Å². The Bertz CT molecular complexity index is 353. The number of rotatable bonds is 6. The van der Waals surface area contributed by atoms with Crippen molar-refractivity contribution in [1.82, 2.24) is 0 Å². The van der Waals surface area contributed by atoms with Crippen molar-refractivity contribution >= 4 is 0 Å². The van der Waals surface area contributed by atoms with E-state index < -0.39 is 43.5 Å². The monoisotopic (exact) mass is 406 g/mol. The van der Waals surface area contributed by atoms with E-state index in [1.807, 2.05) is 0 Å². The fourth-order valence-electron chi connectivity index (χ4n) is 0.621. The first-order chi connectivity index (χ1) is 11.1. The average molecular weight is 406 g/mol. The topological polar surface area (TPSA) is 18.5 Å². The van der Waals surface area contributed by atoms with Gasteiger partial charge in [-0.05, 0) is 13.2 Å². The highest BCUT2D eigenvalue weighted by Crippen LogP contribution is 2.33. The molecule has 2 nitrogen and oxygen atoms in total. The molecule has 0 aromatic heterocycles. The Kier molecular flexibility index (Phi) is 18.1. The molecule has 154 valence electrons. The smallest absolute Gasteiger partial charge is 0.406 e. The molecule has 0 N–H and O–H groups in total. The standard InChI is InChI=1S/C5H4F6O.C4H4F4O.2CH3F/c1-3(6)12-5(10,11)2-4(7,8)9;1-3(6)9-4(7,8)2-5;2*1-2/h1-2H2;1-2H2;2*1H3. The van der Waals surface area contributed by atoms with Crippen molar-refractivity contribution < 1.29 is 62.2 Å². The largest absolute Gasteiger partial charge is 0.428 e.